The largest absolute Gasteiger partial charge is 0.302 e. The molecule has 7 heteroatoms. The van der Waals surface area contributed by atoms with Crippen LogP contribution in [0.2, 0.25) is 0 Å². The lowest BCUT2D eigenvalue weighted by atomic mass is 9.94. The lowest BCUT2D eigenvalue weighted by molar-refractivity contribution is 0.417. The molecular formula is C17H14N4O2S. The summed E-state index contributed by atoms with van der Waals surface area (Å²) >= 11 is -2.08. The van der Waals surface area contributed by atoms with E-state index in [1.165, 1.54) is 0 Å². The molecule has 3 rings (SSSR count). The summed E-state index contributed by atoms with van der Waals surface area (Å²) in [6.45, 7) is 1.33. The van der Waals surface area contributed by atoms with E-state index in [0.717, 1.165) is 27.8 Å². The fraction of sp³-hybridized carbons (Fsp3) is 0.176. The topological polar surface area (TPSA) is 100 Å². The Morgan fingerprint density at radius 2 is 1.96 bits per heavy atom. The van der Waals surface area contributed by atoms with E-state index in [-0.39, 0.29) is 6.54 Å². The standard InChI is InChI=1S/C17H14N4O2S/c18-7-12-1-3-14(4-2-12)16-6-13(8-20-24(22)23)5-15-9-21(11-19)10-17(15)16/h1-6,20H,8-10H2,(H,22,23). The van der Waals surface area contributed by atoms with Crippen LogP contribution in [0.4, 0.5) is 0 Å². The van der Waals surface area contributed by atoms with Gasteiger partial charge in [0.1, 0.15) is 0 Å². The molecule has 0 bridgehead atoms. The van der Waals surface area contributed by atoms with Crippen LogP contribution in [0.1, 0.15) is 22.3 Å². The van der Waals surface area contributed by atoms with Crippen LogP contribution in [-0.4, -0.2) is 13.7 Å². The van der Waals surface area contributed by atoms with Gasteiger partial charge in [-0.15, -0.1) is 0 Å². The number of hydrogen-bond donors (Lipinski definition) is 2. The van der Waals surface area contributed by atoms with Gasteiger partial charge in [0.2, 0.25) is 11.3 Å². The minimum atomic E-state index is -2.08. The van der Waals surface area contributed by atoms with Gasteiger partial charge < -0.3 is 4.90 Å². The second kappa shape index (κ2) is 6.81. The highest BCUT2D eigenvalue weighted by molar-refractivity contribution is 7.77. The van der Waals surface area contributed by atoms with Gasteiger partial charge in [-0.1, -0.05) is 18.2 Å². The van der Waals surface area contributed by atoms with Crippen molar-refractivity contribution in [3.63, 3.8) is 0 Å². The third-order valence-corrected chi connectivity index (χ3v) is 4.37. The monoisotopic (exact) mass is 338 g/mol. The van der Waals surface area contributed by atoms with E-state index in [0.29, 0.717) is 18.7 Å². The van der Waals surface area contributed by atoms with Crippen molar-refractivity contribution in [1.82, 2.24) is 9.62 Å². The fourth-order valence-electron chi connectivity index (χ4n) is 2.88. The number of nitrogens with one attached hydrogen (secondary N) is 1. The van der Waals surface area contributed by atoms with Crippen LogP contribution in [0.25, 0.3) is 11.1 Å². The Hall–Kier alpha value is -2.71. The van der Waals surface area contributed by atoms with Crippen molar-refractivity contribution in [2.75, 3.05) is 0 Å². The molecule has 1 atom stereocenters. The highest BCUT2D eigenvalue weighted by Crippen LogP contribution is 2.34. The van der Waals surface area contributed by atoms with E-state index in [2.05, 4.69) is 17.0 Å². The Labute approximate surface area is 142 Å². The van der Waals surface area contributed by atoms with Gasteiger partial charge in [-0.25, -0.2) is 8.93 Å². The van der Waals surface area contributed by atoms with Crippen LogP contribution in [0.3, 0.4) is 0 Å². The van der Waals surface area contributed by atoms with Crippen molar-refractivity contribution < 1.29 is 8.76 Å². The molecule has 0 aliphatic carbocycles. The van der Waals surface area contributed by atoms with Crippen molar-refractivity contribution in [3.05, 3.63) is 58.7 Å². The number of rotatable bonds is 4. The highest BCUT2D eigenvalue weighted by Gasteiger charge is 2.22. The maximum atomic E-state index is 10.8. The maximum absolute atomic E-state index is 10.8. The lowest BCUT2D eigenvalue weighted by Gasteiger charge is -2.12. The van der Waals surface area contributed by atoms with Crippen LogP contribution in [0.5, 0.6) is 0 Å². The highest BCUT2D eigenvalue weighted by atomic mass is 32.2. The summed E-state index contributed by atoms with van der Waals surface area (Å²) in [5.74, 6) is 0. The maximum Gasteiger partial charge on any atom is 0.232 e. The minimum absolute atomic E-state index is 0.256. The number of benzene rings is 2. The van der Waals surface area contributed by atoms with Gasteiger partial charge in [-0.3, -0.25) is 4.55 Å². The van der Waals surface area contributed by atoms with Gasteiger partial charge in [0, 0.05) is 6.54 Å². The Kier molecular flexibility index (Phi) is 4.59. The molecular weight excluding hydrogens is 324 g/mol. The fourth-order valence-corrected chi connectivity index (χ4v) is 3.17. The molecule has 0 saturated heterocycles. The number of nitriles is 2. The summed E-state index contributed by atoms with van der Waals surface area (Å²) in [7, 11) is 0. The summed E-state index contributed by atoms with van der Waals surface area (Å²) in [6, 6.07) is 13.3. The molecule has 0 saturated carbocycles. The first kappa shape index (κ1) is 16.2. The van der Waals surface area contributed by atoms with Gasteiger partial charge in [0.15, 0.2) is 6.19 Å². The molecule has 0 amide bonds. The third kappa shape index (κ3) is 3.29. The van der Waals surface area contributed by atoms with E-state index in [4.69, 9.17) is 15.1 Å². The molecule has 0 aromatic heterocycles. The van der Waals surface area contributed by atoms with Gasteiger partial charge in [0.05, 0.1) is 24.7 Å². The van der Waals surface area contributed by atoms with Gasteiger partial charge in [-0.05, 0) is 46.0 Å². The third-order valence-electron chi connectivity index (χ3n) is 3.98. The summed E-state index contributed by atoms with van der Waals surface area (Å²) in [6.07, 6.45) is 2.16. The first-order valence-electron chi connectivity index (χ1n) is 7.25. The van der Waals surface area contributed by atoms with E-state index >= 15 is 0 Å². The van der Waals surface area contributed by atoms with Crippen LogP contribution < -0.4 is 4.72 Å². The summed E-state index contributed by atoms with van der Waals surface area (Å²) in [5, 5.41) is 18.1. The van der Waals surface area contributed by atoms with Crippen LogP contribution in [0, 0.1) is 22.8 Å². The molecule has 0 spiro atoms. The molecule has 1 aliphatic heterocycles. The zero-order valence-corrected chi connectivity index (χ0v) is 13.5. The normalized spacial score (nSPS) is 13.9. The molecule has 2 aromatic rings. The van der Waals surface area contributed by atoms with Crippen molar-refractivity contribution in [3.8, 4) is 23.4 Å². The molecule has 2 aromatic carbocycles. The number of hydrogen-bond acceptors (Lipinski definition) is 4. The Balaban J connectivity index is 2.04. The predicted octanol–water partition coefficient (Wildman–Crippen LogP) is 2.25. The van der Waals surface area contributed by atoms with Crippen LogP contribution >= 0.6 is 0 Å². The second-order valence-electron chi connectivity index (χ2n) is 5.50. The molecule has 1 heterocycles. The van der Waals surface area contributed by atoms with E-state index in [1.807, 2.05) is 24.3 Å². The van der Waals surface area contributed by atoms with Crippen molar-refractivity contribution in [2.45, 2.75) is 19.6 Å². The first-order chi connectivity index (χ1) is 11.6. The second-order valence-corrected chi connectivity index (χ2v) is 6.28. The van der Waals surface area contributed by atoms with E-state index in [1.54, 1.807) is 17.0 Å². The Bertz CT molecular complexity index is 881. The average molecular weight is 338 g/mol. The summed E-state index contributed by atoms with van der Waals surface area (Å²) < 4.78 is 22.2. The van der Waals surface area contributed by atoms with Crippen molar-refractivity contribution >= 4 is 11.3 Å². The average Bonchev–Trinajstić information content (AvgIpc) is 3.02. The van der Waals surface area contributed by atoms with Crippen LogP contribution in [-0.2, 0) is 30.9 Å². The summed E-state index contributed by atoms with van der Waals surface area (Å²) in [4.78, 5) is 1.67. The lowest BCUT2D eigenvalue weighted by Crippen LogP contribution is -2.15. The number of fused-ring (bicyclic) bond motifs is 1. The van der Waals surface area contributed by atoms with Crippen molar-refractivity contribution in [1.29, 1.82) is 10.5 Å². The SMILES string of the molecule is N#Cc1ccc(-c2cc(CNS(=O)O)cc3c2CN(C#N)C3)cc1. The number of nitrogens with zero attached hydrogens (tertiary/aromatic N) is 3. The smallest absolute Gasteiger partial charge is 0.232 e. The molecule has 1 unspecified atom stereocenters. The molecule has 1 aliphatic rings. The molecule has 0 fully saturated rings. The van der Waals surface area contributed by atoms with Gasteiger partial charge >= 0.3 is 0 Å². The molecule has 0 radical (unpaired) electrons. The molecule has 120 valence electrons. The minimum Gasteiger partial charge on any atom is -0.302 e. The molecule has 24 heavy (non-hydrogen) atoms. The zero-order chi connectivity index (χ0) is 17.1. The molecule has 2 N–H and O–H groups in total. The van der Waals surface area contributed by atoms with E-state index < -0.39 is 11.3 Å². The van der Waals surface area contributed by atoms with Crippen molar-refractivity contribution in [2.24, 2.45) is 0 Å². The Morgan fingerprint density at radius 1 is 1.21 bits per heavy atom. The quantitative estimate of drug-likeness (QED) is 0.658. The zero-order valence-electron chi connectivity index (χ0n) is 12.7. The summed E-state index contributed by atoms with van der Waals surface area (Å²) in [5.41, 5.74) is 5.51. The Morgan fingerprint density at radius 3 is 2.58 bits per heavy atom. The predicted molar refractivity (Wildman–Crippen MR) is 89.1 cm³/mol. The van der Waals surface area contributed by atoms with Gasteiger partial charge in [-0.2, -0.15) is 10.5 Å². The van der Waals surface area contributed by atoms with E-state index in [9.17, 15) is 4.21 Å². The van der Waals surface area contributed by atoms with Crippen LogP contribution in [0.15, 0.2) is 36.4 Å². The van der Waals surface area contributed by atoms with Gasteiger partial charge in [0.25, 0.3) is 0 Å². The molecule has 6 nitrogen and oxygen atoms in total. The first-order valence-corrected chi connectivity index (χ1v) is 8.35.